The predicted molar refractivity (Wildman–Crippen MR) is 61.8 cm³/mol. The van der Waals surface area contributed by atoms with Crippen LogP contribution in [-0.4, -0.2) is 17.6 Å². The first-order valence-electron chi connectivity index (χ1n) is 5.13. The Morgan fingerprint density at radius 3 is 2.61 bits per heavy atom. The van der Waals surface area contributed by atoms with Gasteiger partial charge in [0, 0.05) is 23.7 Å². The van der Waals surface area contributed by atoms with Gasteiger partial charge in [0.1, 0.15) is 0 Å². The summed E-state index contributed by atoms with van der Waals surface area (Å²) in [5.74, 6) is -0.982. The Morgan fingerprint density at radius 1 is 1.39 bits per heavy atom. The van der Waals surface area contributed by atoms with Crippen molar-refractivity contribution in [3.05, 3.63) is 28.8 Å². The van der Waals surface area contributed by atoms with Crippen molar-refractivity contribution < 1.29 is 23.1 Å². The number of carboxylic acid groups (broad SMARTS) is 1. The van der Waals surface area contributed by atoms with Gasteiger partial charge < -0.3 is 10.4 Å². The Labute approximate surface area is 107 Å². The summed E-state index contributed by atoms with van der Waals surface area (Å²) in [6.45, 7) is 0.150. The number of hydrogen-bond donors (Lipinski definition) is 2. The summed E-state index contributed by atoms with van der Waals surface area (Å²) in [5.41, 5.74) is -0.956. The molecule has 0 amide bonds. The molecule has 0 heterocycles. The molecule has 0 unspecified atom stereocenters. The van der Waals surface area contributed by atoms with Crippen molar-refractivity contribution in [3.8, 4) is 0 Å². The molecule has 0 saturated heterocycles. The fourth-order valence-electron chi connectivity index (χ4n) is 1.37. The molecule has 2 N–H and O–H groups in total. The van der Waals surface area contributed by atoms with Gasteiger partial charge in [-0.25, -0.2) is 0 Å². The second-order valence-corrected chi connectivity index (χ2v) is 4.05. The van der Waals surface area contributed by atoms with Crippen molar-refractivity contribution >= 4 is 23.3 Å². The van der Waals surface area contributed by atoms with Gasteiger partial charge in [-0.3, -0.25) is 4.79 Å². The van der Waals surface area contributed by atoms with E-state index in [4.69, 9.17) is 16.7 Å². The van der Waals surface area contributed by atoms with Crippen LogP contribution in [0.5, 0.6) is 0 Å². The van der Waals surface area contributed by atoms with Gasteiger partial charge in [-0.1, -0.05) is 11.6 Å². The molecule has 18 heavy (non-hydrogen) atoms. The maximum absolute atomic E-state index is 12.7. The number of alkyl halides is 3. The van der Waals surface area contributed by atoms with Crippen LogP contribution < -0.4 is 5.32 Å². The lowest BCUT2D eigenvalue weighted by Gasteiger charge is -2.14. The van der Waals surface area contributed by atoms with Crippen molar-refractivity contribution in [1.82, 2.24) is 0 Å². The number of aliphatic carboxylic acids is 1. The maximum Gasteiger partial charge on any atom is 0.418 e. The van der Waals surface area contributed by atoms with Crippen molar-refractivity contribution in [3.63, 3.8) is 0 Å². The number of benzene rings is 1. The van der Waals surface area contributed by atoms with Crippen LogP contribution in [0.1, 0.15) is 18.4 Å². The van der Waals surface area contributed by atoms with Crippen molar-refractivity contribution in [1.29, 1.82) is 0 Å². The number of nitrogens with one attached hydrogen (secondary N) is 1. The molecular weight excluding hydrogens is 271 g/mol. The number of hydrogen-bond acceptors (Lipinski definition) is 2. The molecule has 1 aromatic rings. The number of carbonyl (C=O) groups is 1. The smallest absolute Gasteiger partial charge is 0.418 e. The summed E-state index contributed by atoms with van der Waals surface area (Å²) in [6, 6.07) is 3.41. The number of rotatable bonds is 5. The fraction of sp³-hybridized carbons (Fsp3) is 0.364. The second-order valence-electron chi connectivity index (χ2n) is 3.61. The molecule has 0 aliphatic heterocycles. The highest BCUT2D eigenvalue weighted by Gasteiger charge is 2.33. The van der Waals surface area contributed by atoms with E-state index in [1.165, 1.54) is 12.1 Å². The Bertz CT molecular complexity index is 435. The van der Waals surface area contributed by atoms with Crippen molar-refractivity contribution in [2.45, 2.75) is 19.0 Å². The lowest BCUT2D eigenvalue weighted by molar-refractivity contribution is -0.138. The van der Waals surface area contributed by atoms with Gasteiger partial charge in [-0.15, -0.1) is 0 Å². The first-order valence-corrected chi connectivity index (χ1v) is 5.51. The number of halogens is 4. The molecule has 1 aromatic carbocycles. The fourth-order valence-corrected chi connectivity index (χ4v) is 1.54. The minimum Gasteiger partial charge on any atom is -0.481 e. The highest BCUT2D eigenvalue weighted by Crippen LogP contribution is 2.36. The summed E-state index contributed by atoms with van der Waals surface area (Å²) in [5, 5.41) is 11.0. The van der Waals surface area contributed by atoms with E-state index in [0.717, 1.165) is 6.07 Å². The maximum atomic E-state index is 12.7. The average molecular weight is 282 g/mol. The molecular formula is C11H11ClF3NO2. The third-order valence-corrected chi connectivity index (χ3v) is 2.40. The molecule has 0 fully saturated rings. The Hall–Kier alpha value is -1.43. The molecule has 0 aliphatic rings. The van der Waals surface area contributed by atoms with Gasteiger partial charge in [0.05, 0.1) is 5.56 Å². The Kier molecular flexibility index (Phi) is 4.84. The Morgan fingerprint density at radius 2 is 2.06 bits per heavy atom. The lowest BCUT2D eigenvalue weighted by Crippen LogP contribution is -2.12. The molecule has 0 atom stereocenters. The summed E-state index contributed by atoms with van der Waals surface area (Å²) in [4.78, 5) is 10.3. The quantitative estimate of drug-likeness (QED) is 0.810. The molecule has 1 rings (SSSR count). The second kappa shape index (κ2) is 5.95. The largest absolute Gasteiger partial charge is 0.481 e. The third-order valence-electron chi connectivity index (χ3n) is 2.17. The Balaban J connectivity index is 2.73. The molecule has 0 saturated carbocycles. The molecule has 0 spiro atoms. The third kappa shape index (κ3) is 4.44. The van der Waals surface area contributed by atoms with E-state index in [1.807, 2.05) is 0 Å². The first kappa shape index (κ1) is 14.6. The van der Waals surface area contributed by atoms with Gasteiger partial charge in [0.15, 0.2) is 0 Å². The van der Waals surface area contributed by atoms with E-state index in [9.17, 15) is 18.0 Å². The minimum absolute atomic E-state index is 0.00147. The van der Waals surface area contributed by atoms with Crippen LogP contribution in [0.4, 0.5) is 18.9 Å². The summed E-state index contributed by atoms with van der Waals surface area (Å²) >= 11 is 5.52. The van der Waals surface area contributed by atoms with E-state index in [-0.39, 0.29) is 30.1 Å². The number of anilines is 1. The van der Waals surface area contributed by atoms with Gasteiger partial charge in [-0.05, 0) is 24.6 Å². The highest BCUT2D eigenvalue weighted by molar-refractivity contribution is 6.30. The molecule has 100 valence electrons. The van der Waals surface area contributed by atoms with Crippen LogP contribution >= 0.6 is 11.6 Å². The predicted octanol–water partition coefficient (Wildman–Crippen LogP) is 3.64. The van der Waals surface area contributed by atoms with Crippen LogP contribution in [0.25, 0.3) is 0 Å². The zero-order valence-corrected chi connectivity index (χ0v) is 9.98. The molecule has 3 nitrogen and oxygen atoms in total. The average Bonchev–Trinajstić information content (AvgIpc) is 2.24. The number of carboxylic acids is 1. The topological polar surface area (TPSA) is 49.3 Å². The first-order chi connectivity index (χ1) is 8.30. The van der Waals surface area contributed by atoms with Gasteiger partial charge in [0.2, 0.25) is 0 Å². The van der Waals surface area contributed by atoms with E-state index in [1.54, 1.807) is 0 Å². The molecule has 0 bridgehead atoms. The standard InChI is InChI=1S/C11H11ClF3NO2/c12-7-3-4-9(8(6-7)11(13,14)15)16-5-1-2-10(17)18/h3-4,6,16H,1-2,5H2,(H,17,18). The van der Waals surface area contributed by atoms with Gasteiger partial charge >= 0.3 is 12.1 Å². The van der Waals surface area contributed by atoms with Gasteiger partial charge in [-0.2, -0.15) is 13.2 Å². The lowest BCUT2D eigenvalue weighted by atomic mass is 10.1. The van der Waals surface area contributed by atoms with E-state index < -0.39 is 17.7 Å². The molecule has 0 radical (unpaired) electrons. The van der Waals surface area contributed by atoms with Crippen LogP contribution in [0.15, 0.2) is 18.2 Å². The van der Waals surface area contributed by atoms with E-state index >= 15 is 0 Å². The van der Waals surface area contributed by atoms with Crippen LogP contribution in [0.3, 0.4) is 0 Å². The SMILES string of the molecule is O=C(O)CCCNc1ccc(Cl)cc1C(F)(F)F. The van der Waals surface area contributed by atoms with E-state index in [2.05, 4.69) is 5.32 Å². The minimum atomic E-state index is -4.50. The van der Waals surface area contributed by atoms with Crippen molar-refractivity contribution in [2.75, 3.05) is 11.9 Å². The molecule has 7 heteroatoms. The monoisotopic (exact) mass is 281 g/mol. The molecule has 0 aromatic heterocycles. The van der Waals surface area contributed by atoms with E-state index in [0.29, 0.717) is 0 Å². The summed E-state index contributed by atoms with van der Waals surface area (Å²) < 4.78 is 38.0. The zero-order chi connectivity index (χ0) is 13.8. The van der Waals surface area contributed by atoms with Crippen LogP contribution in [0.2, 0.25) is 5.02 Å². The van der Waals surface area contributed by atoms with Gasteiger partial charge in [0.25, 0.3) is 0 Å². The van der Waals surface area contributed by atoms with Crippen LogP contribution in [-0.2, 0) is 11.0 Å². The van der Waals surface area contributed by atoms with Crippen LogP contribution in [0, 0.1) is 0 Å². The summed E-state index contributed by atoms with van der Waals surface area (Å²) in [7, 11) is 0. The normalized spacial score (nSPS) is 11.3. The zero-order valence-electron chi connectivity index (χ0n) is 9.22. The molecule has 0 aliphatic carbocycles. The summed E-state index contributed by atoms with van der Waals surface area (Å²) in [6.07, 6.45) is -4.35. The van der Waals surface area contributed by atoms with Crippen molar-refractivity contribution in [2.24, 2.45) is 0 Å². The highest BCUT2D eigenvalue weighted by atomic mass is 35.5.